The monoisotopic (exact) mass is 263 g/mol. The molecule has 1 heterocycles. The van der Waals surface area contributed by atoms with Gasteiger partial charge in [0.1, 0.15) is 0 Å². The van der Waals surface area contributed by atoms with Gasteiger partial charge in [-0.3, -0.25) is 4.79 Å². The summed E-state index contributed by atoms with van der Waals surface area (Å²) in [7, 11) is 0. The van der Waals surface area contributed by atoms with Crippen LogP contribution in [0.2, 0.25) is 0 Å². The molecule has 0 radical (unpaired) electrons. The van der Waals surface area contributed by atoms with Gasteiger partial charge in [0, 0.05) is 28.4 Å². The molecular formula is C14H17NO2S. The lowest BCUT2D eigenvalue weighted by Crippen LogP contribution is -2.03. The van der Waals surface area contributed by atoms with E-state index in [0.29, 0.717) is 11.5 Å². The van der Waals surface area contributed by atoms with Crippen LogP contribution in [-0.4, -0.2) is 34.0 Å². The molecule has 2 N–H and O–H groups in total. The Balaban J connectivity index is 2.26. The van der Waals surface area contributed by atoms with Crippen LogP contribution >= 0.6 is 11.8 Å². The van der Waals surface area contributed by atoms with Crippen molar-refractivity contribution in [2.45, 2.75) is 13.3 Å². The Morgan fingerprint density at radius 3 is 3.00 bits per heavy atom. The number of ketones is 1. The summed E-state index contributed by atoms with van der Waals surface area (Å²) in [5.74, 6) is 1.14. The summed E-state index contributed by atoms with van der Waals surface area (Å²) in [4.78, 5) is 15.3. The van der Waals surface area contributed by atoms with E-state index in [4.69, 9.17) is 5.11 Å². The summed E-state index contributed by atoms with van der Waals surface area (Å²) in [5.41, 5.74) is 3.05. The molecule has 0 amide bonds. The minimum Gasteiger partial charge on any atom is -0.396 e. The lowest BCUT2D eigenvalue weighted by atomic mass is 10.1. The van der Waals surface area contributed by atoms with Crippen LogP contribution in [0.25, 0.3) is 10.9 Å². The average Bonchev–Trinajstić information content (AvgIpc) is 2.82. The molecule has 1 aromatic carbocycles. The fraction of sp³-hybridized carbons (Fsp3) is 0.357. The van der Waals surface area contributed by atoms with Crippen molar-refractivity contribution in [3.8, 4) is 0 Å². The largest absolute Gasteiger partial charge is 0.396 e. The maximum absolute atomic E-state index is 12.1. The number of carbonyl (C=O) groups is 1. The number of benzene rings is 1. The molecule has 0 spiro atoms. The van der Waals surface area contributed by atoms with Gasteiger partial charge in [-0.05, 0) is 12.0 Å². The number of nitrogens with one attached hydrogen (secondary N) is 1. The third-order valence-corrected chi connectivity index (χ3v) is 3.89. The highest BCUT2D eigenvalue weighted by atomic mass is 32.2. The summed E-state index contributed by atoms with van der Waals surface area (Å²) in [5, 5.41) is 9.72. The minimum absolute atomic E-state index is 0.117. The summed E-state index contributed by atoms with van der Waals surface area (Å²) in [6.07, 6.45) is 2.75. The number of aromatic nitrogens is 1. The molecule has 0 aliphatic carbocycles. The summed E-state index contributed by atoms with van der Waals surface area (Å²) in [6.45, 7) is 2.22. The van der Waals surface area contributed by atoms with Crippen LogP contribution in [0, 0.1) is 0 Å². The molecule has 1 aromatic heterocycles. The SMILES string of the molecule is CCc1cccc2c(C(=O)CSCCO)c[nH]c12. The second-order valence-electron chi connectivity index (χ2n) is 4.09. The fourth-order valence-electron chi connectivity index (χ4n) is 2.05. The van der Waals surface area contributed by atoms with Crippen LogP contribution < -0.4 is 0 Å². The Morgan fingerprint density at radius 2 is 2.28 bits per heavy atom. The Labute approximate surface area is 111 Å². The predicted molar refractivity (Wildman–Crippen MR) is 76.4 cm³/mol. The average molecular weight is 263 g/mol. The third-order valence-electron chi connectivity index (χ3n) is 2.95. The van der Waals surface area contributed by atoms with Crippen molar-refractivity contribution < 1.29 is 9.90 Å². The maximum atomic E-state index is 12.1. The maximum Gasteiger partial charge on any atom is 0.174 e. The van der Waals surface area contributed by atoms with Crippen molar-refractivity contribution in [2.75, 3.05) is 18.1 Å². The van der Waals surface area contributed by atoms with Gasteiger partial charge in [0.2, 0.25) is 0 Å². The van der Waals surface area contributed by atoms with Crippen molar-refractivity contribution in [3.05, 3.63) is 35.5 Å². The van der Waals surface area contributed by atoms with Gasteiger partial charge < -0.3 is 10.1 Å². The highest BCUT2D eigenvalue weighted by molar-refractivity contribution is 8.00. The second-order valence-corrected chi connectivity index (χ2v) is 5.20. The molecule has 0 saturated heterocycles. The van der Waals surface area contributed by atoms with E-state index in [1.54, 1.807) is 6.20 Å². The van der Waals surface area contributed by atoms with E-state index < -0.39 is 0 Å². The number of aryl methyl sites for hydroxylation is 1. The van der Waals surface area contributed by atoms with Crippen LogP contribution in [0.3, 0.4) is 0 Å². The second kappa shape index (κ2) is 6.07. The van der Waals surface area contributed by atoms with E-state index >= 15 is 0 Å². The van der Waals surface area contributed by atoms with Crippen LogP contribution in [0.1, 0.15) is 22.8 Å². The van der Waals surface area contributed by atoms with Crippen molar-refractivity contribution in [3.63, 3.8) is 0 Å². The van der Waals surface area contributed by atoms with E-state index in [-0.39, 0.29) is 12.4 Å². The first-order chi connectivity index (χ1) is 8.77. The number of Topliss-reactive ketones (excluding diaryl/α,β-unsaturated/α-hetero) is 1. The molecular weight excluding hydrogens is 246 g/mol. The van der Waals surface area contributed by atoms with Crippen LogP contribution in [0.5, 0.6) is 0 Å². The van der Waals surface area contributed by atoms with Crippen molar-refractivity contribution in [1.29, 1.82) is 0 Å². The number of rotatable bonds is 6. The van der Waals surface area contributed by atoms with Crippen LogP contribution in [0.15, 0.2) is 24.4 Å². The smallest absolute Gasteiger partial charge is 0.174 e. The van der Waals surface area contributed by atoms with E-state index in [1.807, 2.05) is 12.1 Å². The predicted octanol–water partition coefficient (Wildman–Crippen LogP) is 2.64. The molecule has 0 fully saturated rings. The first-order valence-electron chi connectivity index (χ1n) is 6.08. The van der Waals surface area contributed by atoms with E-state index in [1.165, 1.54) is 17.3 Å². The fourth-order valence-corrected chi connectivity index (χ4v) is 2.66. The molecule has 0 atom stereocenters. The number of aliphatic hydroxyl groups excluding tert-OH is 1. The Morgan fingerprint density at radius 1 is 1.44 bits per heavy atom. The molecule has 96 valence electrons. The van der Waals surface area contributed by atoms with Crippen molar-refractivity contribution in [1.82, 2.24) is 4.98 Å². The molecule has 18 heavy (non-hydrogen) atoms. The number of para-hydroxylation sites is 1. The van der Waals surface area contributed by atoms with Gasteiger partial charge in [-0.25, -0.2) is 0 Å². The van der Waals surface area contributed by atoms with Crippen molar-refractivity contribution >= 4 is 28.4 Å². The molecule has 0 saturated carbocycles. The number of thioether (sulfide) groups is 1. The third kappa shape index (κ3) is 2.60. The molecule has 3 nitrogen and oxygen atoms in total. The lowest BCUT2D eigenvalue weighted by molar-refractivity contribution is 0.102. The summed E-state index contributed by atoms with van der Waals surface area (Å²) >= 11 is 1.46. The molecule has 4 heteroatoms. The number of carbonyl (C=O) groups excluding carboxylic acids is 1. The zero-order valence-corrected chi connectivity index (χ0v) is 11.2. The normalized spacial score (nSPS) is 11.0. The quantitative estimate of drug-likeness (QED) is 0.622. The van der Waals surface area contributed by atoms with Gasteiger partial charge in [-0.1, -0.05) is 25.1 Å². The number of aliphatic hydroxyl groups is 1. The lowest BCUT2D eigenvalue weighted by Gasteiger charge is -2.01. The topological polar surface area (TPSA) is 53.1 Å². The van der Waals surface area contributed by atoms with Crippen LogP contribution in [-0.2, 0) is 6.42 Å². The minimum atomic E-state index is 0.117. The standard InChI is InChI=1S/C14H17NO2S/c1-2-10-4-3-5-11-12(8-15-14(10)11)13(17)9-18-7-6-16/h3-5,8,15-16H,2,6-7,9H2,1H3. The highest BCUT2D eigenvalue weighted by Crippen LogP contribution is 2.23. The Bertz CT molecular complexity index is 548. The summed E-state index contributed by atoms with van der Waals surface area (Å²) in [6, 6.07) is 6.05. The van der Waals surface area contributed by atoms with Gasteiger partial charge in [0.05, 0.1) is 12.4 Å². The first-order valence-corrected chi connectivity index (χ1v) is 7.24. The van der Waals surface area contributed by atoms with Gasteiger partial charge in [-0.15, -0.1) is 0 Å². The molecule has 2 aromatic rings. The van der Waals surface area contributed by atoms with Gasteiger partial charge in [0.15, 0.2) is 5.78 Å². The van der Waals surface area contributed by atoms with Crippen molar-refractivity contribution in [2.24, 2.45) is 0 Å². The molecule has 2 rings (SSSR count). The van der Waals surface area contributed by atoms with Gasteiger partial charge >= 0.3 is 0 Å². The molecule has 0 bridgehead atoms. The highest BCUT2D eigenvalue weighted by Gasteiger charge is 2.13. The number of hydrogen-bond acceptors (Lipinski definition) is 3. The van der Waals surface area contributed by atoms with E-state index in [9.17, 15) is 4.79 Å². The number of hydrogen-bond donors (Lipinski definition) is 2. The molecule has 0 aliphatic heterocycles. The number of aromatic amines is 1. The molecule has 0 aliphatic rings. The van der Waals surface area contributed by atoms with E-state index in [2.05, 4.69) is 18.0 Å². The first kappa shape index (κ1) is 13.2. The number of H-pyrrole nitrogens is 1. The van der Waals surface area contributed by atoms with Gasteiger partial charge in [-0.2, -0.15) is 11.8 Å². The Kier molecular flexibility index (Phi) is 4.44. The number of fused-ring (bicyclic) bond motifs is 1. The van der Waals surface area contributed by atoms with Gasteiger partial charge in [0.25, 0.3) is 0 Å². The zero-order valence-electron chi connectivity index (χ0n) is 10.4. The zero-order chi connectivity index (χ0) is 13.0. The van der Waals surface area contributed by atoms with Crippen LogP contribution in [0.4, 0.5) is 0 Å². The van der Waals surface area contributed by atoms with E-state index in [0.717, 1.165) is 22.9 Å². The Hall–Kier alpha value is -1.26. The molecule has 0 unspecified atom stereocenters. The summed E-state index contributed by atoms with van der Waals surface area (Å²) < 4.78 is 0.